The van der Waals surface area contributed by atoms with E-state index >= 15 is 0 Å². The van der Waals surface area contributed by atoms with Crippen LogP contribution in [0.1, 0.15) is 29.4 Å². The zero-order valence-electron chi connectivity index (χ0n) is 9.22. The Balaban J connectivity index is 1.79. The fourth-order valence-corrected chi connectivity index (χ4v) is 2.28. The first-order valence-electron chi connectivity index (χ1n) is 5.39. The van der Waals surface area contributed by atoms with E-state index in [1.165, 1.54) is 24.0 Å². The van der Waals surface area contributed by atoms with Crippen LogP contribution in [0.5, 0.6) is 0 Å². The molecular weight excluding hydrogens is 254 g/mol. The molecule has 1 N–H and O–H groups in total. The van der Waals surface area contributed by atoms with Crippen molar-refractivity contribution in [3.63, 3.8) is 0 Å². The lowest BCUT2D eigenvalue weighted by molar-refractivity contribution is 0.0690. The fraction of sp³-hybridized carbons (Fsp3) is 0.300. The summed E-state index contributed by atoms with van der Waals surface area (Å²) in [5, 5.41) is 21.0. The molecule has 0 saturated heterocycles. The van der Waals surface area contributed by atoms with Gasteiger partial charge in [-0.05, 0) is 47.2 Å². The van der Waals surface area contributed by atoms with Crippen LogP contribution in [-0.2, 0) is 0 Å². The second-order valence-corrected chi connectivity index (χ2v) is 4.96. The summed E-state index contributed by atoms with van der Waals surface area (Å²) in [6.07, 6.45) is 3.73. The Morgan fingerprint density at radius 2 is 2.28 bits per heavy atom. The summed E-state index contributed by atoms with van der Waals surface area (Å²) in [5.41, 5.74) is 0.0288. The highest BCUT2D eigenvalue weighted by molar-refractivity contribution is 7.99. The summed E-state index contributed by atoms with van der Waals surface area (Å²) in [5.74, 6) is -1.03. The minimum atomic E-state index is -1.03. The number of rotatable bonds is 4. The second-order valence-electron chi connectivity index (χ2n) is 3.92. The lowest BCUT2D eigenvalue weighted by atomic mass is 10.4. The standard InChI is InChI=1S/C10H9N5O2S/c16-9(17)8-4-3-7(5-11-8)18-10-12-13-14-15(10)6-1-2-6/h3-6H,1-2H2,(H,16,17). The molecule has 0 radical (unpaired) electrons. The molecule has 1 saturated carbocycles. The maximum atomic E-state index is 10.7. The lowest BCUT2D eigenvalue weighted by Crippen LogP contribution is -2.00. The van der Waals surface area contributed by atoms with Crippen molar-refractivity contribution in [2.45, 2.75) is 28.9 Å². The van der Waals surface area contributed by atoms with E-state index < -0.39 is 5.97 Å². The molecule has 2 aromatic heterocycles. The minimum Gasteiger partial charge on any atom is -0.477 e. The summed E-state index contributed by atoms with van der Waals surface area (Å²) in [6.45, 7) is 0. The van der Waals surface area contributed by atoms with Gasteiger partial charge >= 0.3 is 5.97 Å². The summed E-state index contributed by atoms with van der Waals surface area (Å²) in [6, 6.07) is 3.58. The van der Waals surface area contributed by atoms with E-state index in [0.29, 0.717) is 11.2 Å². The highest BCUT2D eigenvalue weighted by Gasteiger charge is 2.28. The third kappa shape index (κ3) is 2.19. The van der Waals surface area contributed by atoms with E-state index in [2.05, 4.69) is 20.5 Å². The molecular formula is C10H9N5O2S. The van der Waals surface area contributed by atoms with Crippen molar-refractivity contribution in [1.82, 2.24) is 25.2 Å². The van der Waals surface area contributed by atoms with Crippen LogP contribution in [0.2, 0.25) is 0 Å². The van der Waals surface area contributed by atoms with Crippen LogP contribution in [-0.4, -0.2) is 36.3 Å². The van der Waals surface area contributed by atoms with Crippen LogP contribution < -0.4 is 0 Å². The number of hydrogen-bond acceptors (Lipinski definition) is 6. The van der Waals surface area contributed by atoms with Gasteiger partial charge < -0.3 is 5.11 Å². The molecule has 0 spiro atoms. The molecule has 0 aromatic carbocycles. The first kappa shape index (κ1) is 11.1. The van der Waals surface area contributed by atoms with E-state index in [-0.39, 0.29) is 5.69 Å². The molecule has 2 aromatic rings. The van der Waals surface area contributed by atoms with Gasteiger partial charge in [0.1, 0.15) is 5.69 Å². The molecule has 7 nitrogen and oxygen atoms in total. The van der Waals surface area contributed by atoms with E-state index in [9.17, 15) is 4.79 Å². The molecule has 0 aliphatic heterocycles. The van der Waals surface area contributed by atoms with Gasteiger partial charge in [0, 0.05) is 11.1 Å². The van der Waals surface area contributed by atoms with Crippen molar-refractivity contribution in [3.05, 3.63) is 24.0 Å². The molecule has 1 aliphatic carbocycles. The average molecular weight is 263 g/mol. The van der Waals surface area contributed by atoms with Crippen molar-refractivity contribution in [2.75, 3.05) is 0 Å². The topological polar surface area (TPSA) is 93.8 Å². The van der Waals surface area contributed by atoms with Crippen LogP contribution in [0.4, 0.5) is 0 Å². The quantitative estimate of drug-likeness (QED) is 0.887. The Morgan fingerprint density at radius 3 is 2.89 bits per heavy atom. The monoisotopic (exact) mass is 263 g/mol. The molecule has 0 unspecified atom stereocenters. The Bertz CT molecular complexity index is 578. The minimum absolute atomic E-state index is 0.0288. The van der Waals surface area contributed by atoms with Gasteiger partial charge in [-0.25, -0.2) is 14.5 Å². The van der Waals surface area contributed by atoms with E-state index in [0.717, 1.165) is 17.7 Å². The molecule has 1 aliphatic rings. The van der Waals surface area contributed by atoms with Crippen molar-refractivity contribution in [2.24, 2.45) is 0 Å². The Labute approximate surface area is 106 Å². The number of nitrogens with zero attached hydrogens (tertiary/aromatic N) is 5. The van der Waals surface area contributed by atoms with Gasteiger partial charge in [-0.1, -0.05) is 0 Å². The van der Waals surface area contributed by atoms with Gasteiger partial charge in [0.2, 0.25) is 5.16 Å². The van der Waals surface area contributed by atoms with Crippen molar-refractivity contribution in [3.8, 4) is 0 Å². The highest BCUT2D eigenvalue weighted by atomic mass is 32.2. The predicted octanol–water partition coefficient (Wildman–Crippen LogP) is 1.25. The number of carboxylic acid groups (broad SMARTS) is 1. The van der Waals surface area contributed by atoms with E-state index in [1.807, 2.05) is 0 Å². The number of carbonyl (C=O) groups is 1. The normalized spacial score (nSPS) is 14.7. The van der Waals surface area contributed by atoms with Gasteiger partial charge in [0.15, 0.2) is 0 Å². The third-order valence-electron chi connectivity index (χ3n) is 2.52. The predicted molar refractivity (Wildman–Crippen MR) is 61.4 cm³/mol. The zero-order chi connectivity index (χ0) is 12.5. The fourth-order valence-electron chi connectivity index (χ4n) is 1.47. The Hall–Kier alpha value is -1.96. The molecule has 0 bridgehead atoms. The first-order chi connectivity index (χ1) is 8.74. The summed E-state index contributed by atoms with van der Waals surface area (Å²) < 4.78 is 1.80. The zero-order valence-corrected chi connectivity index (χ0v) is 10.0. The molecule has 0 atom stereocenters. The van der Waals surface area contributed by atoms with Crippen molar-refractivity contribution in [1.29, 1.82) is 0 Å². The number of aromatic carboxylic acids is 1. The molecule has 18 heavy (non-hydrogen) atoms. The number of aromatic nitrogens is 5. The van der Waals surface area contributed by atoms with Gasteiger partial charge in [-0.15, -0.1) is 5.10 Å². The summed E-state index contributed by atoms with van der Waals surface area (Å²) >= 11 is 1.38. The average Bonchev–Trinajstić information content (AvgIpc) is 3.11. The van der Waals surface area contributed by atoms with Crippen LogP contribution in [0.25, 0.3) is 0 Å². The van der Waals surface area contributed by atoms with E-state index in [4.69, 9.17) is 5.11 Å². The largest absolute Gasteiger partial charge is 0.477 e. The number of tetrazole rings is 1. The Kier molecular flexibility index (Phi) is 2.71. The van der Waals surface area contributed by atoms with Gasteiger partial charge in [0.25, 0.3) is 0 Å². The molecule has 0 amide bonds. The smallest absolute Gasteiger partial charge is 0.354 e. The van der Waals surface area contributed by atoms with Crippen LogP contribution in [0, 0.1) is 0 Å². The maximum absolute atomic E-state index is 10.7. The van der Waals surface area contributed by atoms with Crippen molar-refractivity contribution < 1.29 is 9.90 Å². The molecule has 1 fully saturated rings. The summed E-state index contributed by atoms with van der Waals surface area (Å²) in [7, 11) is 0. The number of carboxylic acids is 1. The van der Waals surface area contributed by atoms with Gasteiger partial charge in [-0.3, -0.25) is 0 Å². The third-order valence-corrected chi connectivity index (χ3v) is 3.45. The molecule has 92 valence electrons. The summed E-state index contributed by atoms with van der Waals surface area (Å²) in [4.78, 5) is 15.3. The highest BCUT2D eigenvalue weighted by Crippen LogP contribution is 2.37. The molecule has 8 heteroatoms. The van der Waals surface area contributed by atoms with Crippen LogP contribution in [0.15, 0.2) is 28.4 Å². The molecule has 2 heterocycles. The van der Waals surface area contributed by atoms with Crippen LogP contribution in [0.3, 0.4) is 0 Å². The maximum Gasteiger partial charge on any atom is 0.354 e. The van der Waals surface area contributed by atoms with E-state index in [1.54, 1.807) is 10.7 Å². The van der Waals surface area contributed by atoms with Gasteiger partial charge in [-0.2, -0.15) is 0 Å². The first-order valence-corrected chi connectivity index (χ1v) is 6.21. The lowest BCUT2D eigenvalue weighted by Gasteiger charge is -2.01. The van der Waals surface area contributed by atoms with Crippen LogP contribution >= 0.6 is 11.8 Å². The second kappa shape index (κ2) is 4.37. The van der Waals surface area contributed by atoms with Crippen molar-refractivity contribution >= 4 is 17.7 Å². The van der Waals surface area contributed by atoms with Gasteiger partial charge in [0.05, 0.1) is 6.04 Å². The SMILES string of the molecule is O=C(O)c1ccc(Sc2nnnn2C2CC2)cn1. The molecule has 3 rings (SSSR count). The number of hydrogen-bond donors (Lipinski definition) is 1. The number of pyridine rings is 1. The Morgan fingerprint density at radius 1 is 1.44 bits per heavy atom.